The molecule has 0 unspecified atom stereocenters. The molecule has 8 heteroatoms. The van der Waals surface area contributed by atoms with Crippen LogP contribution in [0.2, 0.25) is 0 Å². The number of amides is 1. The van der Waals surface area contributed by atoms with Gasteiger partial charge in [-0.15, -0.1) is 15.3 Å². The molecule has 0 fully saturated rings. The topological polar surface area (TPSA) is 107 Å². The molecular formula is C10H14N6O2. The second-order valence-electron chi connectivity index (χ2n) is 3.77. The normalized spacial score (nSPS) is 10.6. The monoisotopic (exact) mass is 250 g/mol. The van der Waals surface area contributed by atoms with E-state index in [1.165, 1.54) is 4.52 Å². The summed E-state index contributed by atoms with van der Waals surface area (Å²) in [5, 5.41) is 14.3. The van der Waals surface area contributed by atoms with E-state index in [2.05, 4.69) is 20.6 Å². The summed E-state index contributed by atoms with van der Waals surface area (Å²) >= 11 is 0. The number of hydrogen-bond donors (Lipinski definition) is 2. The van der Waals surface area contributed by atoms with Crippen LogP contribution >= 0.6 is 0 Å². The Kier molecular flexibility index (Phi) is 3.00. The van der Waals surface area contributed by atoms with Crippen molar-refractivity contribution in [1.29, 1.82) is 0 Å². The third-order valence-corrected chi connectivity index (χ3v) is 2.58. The maximum Gasteiger partial charge on any atom is 0.413 e. The van der Waals surface area contributed by atoms with Crippen LogP contribution in [0, 0.1) is 13.8 Å². The van der Waals surface area contributed by atoms with Gasteiger partial charge >= 0.3 is 6.09 Å². The Morgan fingerprint density at radius 2 is 2.11 bits per heavy atom. The number of nitrogens with two attached hydrogens (primary N) is 1. The number of nitrogens with one attached hydrogen (secondary N) is 1. The maximum atomic E-state index is 11.4. The average molecular weight is 250 g/mol. The predicted molar refractivity (Wildman–Crippen MR) is 64.4 cm³/mol. The zero-order chi connectivity index (χ0) is 13.3. The molecule has 8 nitrogen and oxygen atoms in total. The molecule has 18 heavy (non-hydrogen) atoms. The maximum absolute atomic E-state index is 11.4. The lowest BCUT2D eigenvalue weighted by Gasteiger charge is -2.09. The first-order valence-electron chi connectivity index (χ1n) is 5.48. The largest absolute Gasteiger partial charge is 0.413 e. The van der Waals surface area contributed by atoms with Crippen LogP contribution in [-0.4, -0.2) is 32.4 Å². The number of hydrogen-bond acceptors (Lipinski definition) is 6. The molecule has 0 saturated heterocycles. The lowest BCUT2D eigenvalue weighted by atomic mass is 10.2. The molecule has 0 spiro atoms. The van der Waals surface area contributed by atoms with Crippen molar-refractivity contribution in [2.75, 3.05) is 12.3 Å². The van der Waals surface area contributed by atoms with E-state index < -0.39 is 6.09 Å². The number of nitrogens with zero attached hydrogens (tertiary/aromatic N) is 4. The van der Waals surface area contributed by atoms with Crippen LogP contribution in [0.1, 0.15) is 18.1 Å². The van der Waals surface area contributed by atoms with Crippen molar-refractivity contribution in [3.8, 4) is 5.88 Å². The smallest absolute Gasteiger partial charge is 0.389 e. The van der Waals surface area contributed by atoms with Crippen LogP contribution in [0.15, 0.2) is 0 Å². The summed E-state index contributed by atoms with van der Waals surface area (Å²) in [6.07, 6.45) is -0.557. The Balaban J connectivity index is 2.47. The minimum absolute atomic E-state index is 0.147. The first-order chi connectivity index (χ1) is 8.54. The van der Waals surface area contributed by atoms with E-state index in [4.69, 9.17) is 10.5 Å². The van der Waals surface area contributed by atoms with E-state index >= 15 is 0 Å². The van der Waals surface area contributed by atoms with Gasteiger partial charge in [-0.2, -0.15) is 4.52 Å². The minimum Gasteiger partial charge on any atom is -0.389 e. The number of aryl methyl sites for hydroxylation is 1. The molecule has 3 N–H and O–H groups in total. The summed E-state index contributed by atoms with van der Waals surface area (Å²) in [6, 6.07) is 0. The first-order valence-corrected chi connectivity index (χ1v) is 5.48. The van der Waals surface area contributed by atoms with Crippen LogP contribution < -0.4 is 15.8 Å². The van der Waals surface area contributed by atoms with Gasteiger partial charge in [0.05, 0.1) is 0 Å². The Labute approximate surface area is 103 Å². The van der Waals surface area contributed by atoms with Crippen molar-refractivity contribution in [2.45, 2.75) is 20.8 Å². The van der Waals surface area contributed by atoms with Crippen LogP contribution in [-0.2, 0) is 0 Å². The van der Waals surface area contributed by atoms with Gasteiger partial charge in [0, 0.05) is 17.7 Å². The van der Waals surface area contributed by atoms with Crippen LogP contribution in [0.5, 0.6) is 5.88 Å². The van der Waals surface area contributed by atoms with E-state index in [0.717, 1.165) is 11.1 Å². The van der Waals surface area contributed by atoms with Crippen molar-refractivity contribution in [1.82, 2.24) is 25.1 Å². The zero-order valence-electron chi connectivity index (χ0n) is 10.4. The molecule has 2 aromatic rings. The van der Waals surface area contributed by atoms with Gasteiger partial charge in [-0.05, 0) is 20.8 Å². The summed E-state index contributed by atoms with van der Waals surface area (Å²) < 4.78 is 6.45. The molecule has 0 aliphatic rings. The standard InChI is InChI=1S/C10H14N6O2/c1-4-12-10(17)18-8-6(3)5(2)7-13-14-9(11)16(7)15-8/h4H2,1-3H3,(H2,11,14)(H,12,17). The van der Waals surface area contributed by atoms with Gasteiger partial charge in [-0.25, -0.2) is 4.79 Å². The molecule has 0 aromatic carbocycles. The van der Waals surface area contributed by atoms with Crippen molar-refractivity contribution in [3.63, 3.8) is 0 Å². The molecule has 0 radical (unpaired) electrons. The number of ether oxygens (including phenoxy) is 1. The molecule has 96 valence electrons. The Morgan fingerprint density at radius 3 is 2.78 bits per heavy atom. The summed E-state index contributed by atoms with van der Waals surface area (Å²) in [7, 11) is 0. The highest BCUT2D eigenvalue weighted by Gasteiger charge is 2.16. The molecule has 0 bridgehead atoms. The fourth-order valence-corrected chi connectivity index (χ4v) is 1.48. The number of rotatable bonds is 2. The highest BCUT2D eigenvalue weighted by atomic mass is 16.6. The second-order valence-corrected chi connectivity index (χ2v) is 3.77. The number of aromatic nitrogens is 4. The number of carbonyl (C=O) groups excluding carboxylic acids is 1. The molecule has 2 rings (SSSR count). The van der Waals surface area contributed by atoms with E-state index in [1.54, 1.807) is 13.8 Å². The fraction of sp³-hybridized carbons (Fsp3) is 0.400. The van der Waals surface area contributed by atoms with E-state index in [-0.39, 0.29) is 11.8 Å². The first kappa shape index (κ1) is 12.1. The summed E-state index contributed by atoms with van der Waals surface area (Å²) in [4.78, 5) is 11.4. The fourth-order valence-electron chi connectivity index (χ4n) is 1.48. The van der Waals surface area contributed by atoms with Gasteiger partial charge in [0.15, 0.2) is 5.65 Å². The van der Waals surface area contributed by atoms with Crippen molar-refractivity contribution >= 4 is 17.7 Å². The Morgan fingerprint density at radius 1 is 1.39 bits per heavy atom. The highest BCUT2D eigenvalue weighted by molar-refractivity contribution is 5.70. The highest BCUT2D eigenvalue weighted by Crippen LogP contribution is 2.22. The van der Waals surface area contributed by atoms with Crippen molar-refractivity contribution in [2.24, 2.45) is 0 Å². The molecule has 0 aliphatic carbocycles. The number of fused-ring (bicyclic) bond motifs is 1. The summed E-state index contributed by atoms with van der Waals surface area (Å²) in [5.41, 5.74) is 7.71. The Hall–Kier alpha value is -2.38. The summed E-state index contributed by atoms with van der Waals surface area (Å²) in [6.45, 7) is 5.91. The van der Waals surface area contributed by atoms with Gasteiger partial charge in [0.2, 0.25) is 11.8 Å². The lowest BCUT2D eigenvalue weighted by Crippen LogP contribution is -2.27. The molecule has 1 amide bonds. The average Bonchev–Trinajstić information content (AvgIpc) is 2.68. The number of nitrogen functional groups attached to an aromatic ring is 1. The van der Waals surface area contributed by atoms with Gasteiger partial charge in [-0.1, -0.05) is 0 Å². The third-order valence-electron chi connectivity index (χ3n) is 2.58. The van der Waals surface area contributed by atoms with Crippen molar-refractivity contribution < 1.29 is 9.53 Å². The van der Waals surface area contributed by atoms with Gasteiger partial charge in [0.1, 0.15) is 0 Å². The predicted octanol–water partition coefficient (Wildman–Crippen LogP) is 0.432. The van der Waals surface area contributed by atoms with E-state index in [9.17, 15) is 4.79 Å². The Bertz CT molecular complexity index is 606. The SMILES string of the molecule is CCNC(=O)Oc1nn2c(N)nnc2c(C)c1C. The lowest BCUT2D eigenvalue weighted by molar-refractivity contribution is 0.198. The molecule has 0 aliphatic heterocycles. The third kappa shape index (κ3) is 1.92. The second kappa shape index (κ2) is 4.47. The molecule has 2 heterocycles. The van der Waals surface area contributed by atoms with Gasteiger partial charge in [-0.3, -0.25) is 0 Å². The molecular weight excluding hydrogens is 236 g/mol. The van der Waals surface area contributed by atoms with E-state index in [1.807, 2.05) is 6.92 Å². The number of carbonyl (C=O) groups is 1. The minimum atomic E-state index is -0.557. The zero-order valence-corrected chi connectivity index (χ0v) is 10.4. The summed E-state index contributed by atoms with van der Waals surface area (Å²) in [5.74, 6) is 0.339. The number of anilines is 1. The van der Waals surface area contributed by atoms with Crippen LogP contribution in [0.25, 0.3) is 5.65 Å². The van der Waals surface area contributed by atoms with Crippen LogP contribution in [0.3, 0.4) is 0 Å². The molecule has 0 atom stereocenters. The van der Waals surface area contributed by atoms with Gasteiger partial charge < -0.3 is 15.8 Å². The van der Waals surface area contributed by atoms with Crippen molar-refractivity contribution in [3.05, 3.63) is 11.1 Å². The molecule has 0 saturated carbocycles. The quantitative estimate of drug-likeness (QED) is 0.800. The van der Waals surface area contributed by atoms with Crippen LogP contribution in [0.4, 0.5) is 10.7 Å². The molecule has 2 aromatic heterocycles. The van der Waals surface area contributed by atoms with Gasteiger partial charge in [0.25, 0.3) is 0 Å². The van der Waals surface area contributed by atoms with E-state index in [0.29, 0.717) is 12.2 Å².